The summed E-state index contributed by atoms with van der Waals surface area (Å²) >= 11 is 11.7. The second-order valence-electron chi connectivity index (χ2n) is 5.14. The summed E-state index contributed by atoms with van der Waals surface area (Å²) in [5.41, 5.74) is 1.12. The van der Waals surface area contributed by atoms with Crippen molar-refractivity contribution in [1.82, 2.24) is 9.97 Å². The second-order valence-corrected chi connectivity index (χ2v) is 7.72. The molecule has 19 heavy (non-hydrogen) atoms. The average molecular weight is 364 g/mol. The van der Waals surface area contributed by atoms with Crippen LogP contribution in [0.4, 0.5) is 0 Å². The van der Waals surface area contributed by atoms with Gasteiger partial charge in [0, 0.05) is 11.2 Å². The van der Waals surface area contributed by atoms with E-state index in [1.807, 2.05) is 11.8 Å². The quantitative estimate of drug-likeness (QED) is 0.638. The third-order valence-corrected chi connectivity index (χ3v) is 6.31. The maximum absolute atomic E-state index is 6.24. The first-order valence-corrected chi connectivity index (χ1v) is 9.17. The summed E-state index contributed by atoms with van der Waals surface area (Å²) in [5.74, 6) is 2.28. The maximum Gasteiger partial charge on any atom is 0.147 e. The van der Waals surface area contributed by atoms with Crippen molar-refractivity contribution in [3.8, 4) is 0 Å². The zero-order chi connectivity index (χ0) is 13.8. The summed E-state index contributed by atoms with van der Waals surface area (Å²) in [6.07, 6.45) is 6.23. The Hall–Kier alpha value is 0.200. The van der Waals surface area contributed by atoms with Crippen molar-refractivity contribution in [2.24, 2.45) is 0 Å². The SMILES string of the molecule is CCC(C)SCc1nc(Cl)c(Br)c(C2CCCC2)n1. The Balaban J connectivity index is 2.16. The first-order valence-electron chi connectivity index (χ1n) is 6.95. The molecule has 2 rings (SSSR count). The molecule has 1 saturated carbocycles. The molecule has 0 aliphatic heterocycles. The van der Waals surface area contributed by atoms with Crippen LogP contribution < -0.4 is 0 Å². The molecule has 1 heterocycles. The highest BCUT2D eigenvalue weighted by Crippen LogP contribution is 2.38. The molecule has 1 aliphatic carbocycles. The number of nitrogens with zero attached hydrogens (tertiary/aromatic N) is 2. The Morgan fingerprint density at radius 1 is 1.37 bits per heavy atom. The molecule has 1 atom stereocenters. The van der Waals surface area contributed by atoms with Crippen molar-refractivity contribution in [3.63, 3.8) is 0 Å². The molecule has 1 unspecified atom stereocenters. The third-order valence-electron chi connectivity index (χ3n) is 3.70. The van der Waals surface area contributed by atoms with Gasteiger partial charge in [0.2, 0.25) is 0 Å². The predicted molar refractivity (Wildman–Crippen MR) is 87.0 cm³/mol. The highest BCUT2D eigenvalue weighted by Gasteiger charge is 2.23. The van der Waals surface area contributed by atoms with Crippen LogP contribution in [0, 0.1) is 0 Å². The molecule has 1 aromatic rings. The largest absolute Gasteiger partial charge is 0.235 e. The predicted octanol–water partition coefficient (Wildman–Crippen LogP) is 5.58. The Kier molecular flexibility index (Phi) is 5.97. The van der Waals surface area contributed by atoms with Gasteiger partial charge in [0.25, 0.3) is 0 Å². The third kappa shape index (κ3) is 4.08. The molecule has 1 aliphatic rings. The maximum atomic E-state index is 6.24. The molecular formula is C14H20BrClN2S. The van der Waals surface area contributed by atoms with E-state index in [0.717, 1.165) is 21.7 Å². The van der Waals surface area contributed by atoms with Crippen LogP contribution in [-0.4, -0.2) is 15.2 Å². The van der Waals surface area contributed by atoms with Crippen molar-refractivity contribution >= 4 is 39.3 Å². The zero-order valence-corrected chi connectivity index (χ0v) is 14.6. The average Bonchev–Trinajstić information content (AvgIpc) is 2.93. The van der Waals surface area contributed by atoms with Gasteiger partial charge in [0.1, 0.15) is 11.0 Å². The molecule has 1 fully saturated rings. The van der Waals surface area contributed by atoms with Crippen LogP contribution in [0.25, 0.3) is 0 Å². The van der Waals surface area contributed by atoms with Crippen molar-refractivity contribution in [1.29, 1.82) is 0 Å². The normalized spacial score (nSPS) is 17.9. The van der Waals surface area contributed by atoms with E-state index in [1.165, 1.54) is 32.1 Å². The second kappa shape index (κ2) is 7.28. The summed E-state index contributed by atoms with van der Waals surface area (Å²) in [5, 5.41) is 1.21. The van der Waals surface area contributed by atoms with Gasteiger partial charge >= 0.3 is 0 Å². The fourth-order valence-corrected chi connectivity index (χ4v) is 3.84. The topological polar surface area (TPSA) is 25.8 Å². The standard InChI is InChI=1S/C14H20BrClN2S/c1-3-9(2)19-8-11-17-13(10-6-4-5-7-10)12(15)14(16)18-11/h9-10H,3-8H2,1-2H3. The highest BCUT2D eigenvalue weighted by molar-refractivity contribution is 9.10. The summed E-state index contributed by atoms with van der Waals surface area (Å²) in [6, 6.07) is 0. The van der Waals surface area contributed by atoms with Gasteiger partial charge < -0.3 is 0 Å². The van der Waals surface area contributed by atoms with Gasteiger partial charge in [-0.3, -0.25) is 0 Å². The molecule has 0 bridgehead atoms. The Bertz CT molecular complexity index is 436. The number of hydrogen-bond donors (Lipinski definition) is 0. The van der Waals surface area contributed by atoms with E-state index in [4.69, 9.17) is 16.6 Å². The Morgan fingerprint density at radius 2 is 2.05 bits per heavy atom. The number of halogens is 2. The molecule has 1 aromatic heterocycles. The minimum atomic E-state index is 0.558. The van der Waals surface area contributed by atoms with Crippen LogP contribution in [0.2, 0.25) is 5.15 Å². The minimum Gasteiger partial charge on any atom is -0.235 e. The molecule has 0 spiro atoms. The molecule has 0 amide bonds. The zero-order valence-electron chi connectivity index (χ0n) is 11.5. The van der Waals surface area contributed by atoms with Crippen molar-refractivity contribution in [2.75, 3.05) is 0 Å². The monoisotopic (exact) mass is 362 g/mol. The van der Waals surface area contributed by atoms with Gasteiger partial charge in [-0.05, 0) is 35.2 Å². The van der Waals surface area contributed by atoms with Gasteiger partial charge in [-0.2, -0.15) is 11.8 Å². The number of aromatic nitrogens is 2. The molecule has 106 valence electrons. The van der Waals surface area contributed by atoms with Gasteiger partial charge in [-0.15, -0.1) is 0 Å². The lowest BCUT2D eigenvalue weighted by Crippen LogP contribution is -2.05. The lowest BCUT2D eigenvalue weighted by molar-refractivity contribution is 0.683. The van der Waals surface area contributed by atoms with E-state index in [9.17, 15) is 0 Å². The molecular weight excluding hydrogens is 344 g/mol. The minimum absolute atomic E-state index is 0.558. The van der Waals surface area contributed by atoms with Crippen LogP contribution in [-0.2, 0) is 5.75 Å². The summed E-state index contributed by atoms with van der Waals surface area (Å²) in [4.78, 5) is 9.16. The van der Waals surface area contributed by atoms with Crippen LogP contribution in [0.15, 0.2) is 4.47 Å². The van der Waals surface area contributed by atoms with Crippen LogP contribution >= 0.6 is 39.3 Å². The smallest absolute Gasteiger partial charge is 0.147 e. The van der Waals surface area contributed by atoms with E-state index in [1.54, 1.807) is 0 Å². The molecule has 0 radical (unpaired) electrons. The summed E-state index contributed by atoms with van der Waals surface area (Å²) < 4.78 is 0.901. The number of thioether (sulfide) groups is 1. The van der Waals surface area contributed by atoms with Gasteiger partial charge in [0.15, 0.2) is 0 Å². The Labute approximate surface area is 133 Å². The fraction of sp³-hybridized carbons (Fsp3) is 0.714. The Morgan fingerprint density at radius 3 is 2.68 bits per heavy atom. The molecule has 5 heteroatoms. The van der Waals surface area contributed by atoms with E-state index in [2.05, 4.69) is 34.8 Å². The van der Waals surface area contributed by atoms with Gasteiger partial charge in [-0.1, -0.05) is 38.3 Å². The van der Waals surface area contributed by atoms with Gasteiger partial charge in [0.05, 0.1) is 15.9 Å². The van der Waals surface area contributed by atoms with E-state index in [-0.39, 0.29) is 0 Å². The fourth-order valence-electron chi connectivity index (χ4n) is 2.35. The van der Waals surface area contributed by atoms with Crippen molar-refractivity contribution in [3.05, 3.63) is 21.1 Å². The number of rotatable bonds is 5. The molecule has 0 saturated heterocycles. The molecule has 0 aromatic carbocycles. The molecule has 0 N–H and O–H groups in total. The summed E-state index contributed by atoms with van der Waals surface area (Å²) in [6.45, 7) is 4.44. The highest BCUT2D eigenvalue weighted by atomic mass is 79.9. The van der Waals surface area contributed by atoms with Crippen LogP contribution in [0.5, 0.6) is 0 Å². The van der Waals surface area contributed by atoms with Crippen molar-refractivity contribution < 1.29 is 0 Å². The summed E-state index contributed by atoms with van der Waals surface area (Å²) in [7, 11) is 0. The van der Waals surface area contributed by atoms with Gasteiger partial charge in [-0.25, -0.2) is 9.97 Å². The van der Waals surface area contributed by atoms with Crippen LogP contribution in [0.1, 0.15) is 63.4 Å². The lowest BCUT2D eigenvalue weighted by Gasteiger charge is -2.14. The van der Waals surface area contributed by atoms with E-state index < -0.39 is 0 Å². The van der Waals surface area contributed by atoms with E-state index in [0.29, 0.717) is 16.3 Å². The van der Waals surface area contributed by atoms with E-state index >= 15 is 0 Å². The lowest BCUT2D eigenvalue weighted by atomic mass is 10.0. The first kappa shape index (κ1) is 15.6. The number of hydrogen-bond acceptors (Lipinski definition) is 3. The van der Waals surface area contributed by atoms with Crippen molar-refractivity contribution in [2.45, 2.75) is 62.9 Å². The van der Waals surface area contributed by atoms with Crippen LogP contribution in [0.3, 0.4) is 0 Å². The molecule has 2 nitrogen and oxygen atoms in total. The first-order chi connectivity index (χ1) is 9.11.